The number of rotatable bonds is 6. The van der Waals surface area contributed by atoms with Gasteiger partial charge in [0, 0.05) is 31.9 Å². The number of anilines is 1. The Morgan fingerprint density at radius 3 is 2.10 bits per heavy atom. The minimum Gasteiger partial charge on any atom is -0.368 e. The van der Waals surface area contributed by atoms with Crippen molar-refractivity contribution in [3.05, 3.63) is 82.1 Å². The van der Waals surface area contributed by atoms with Crippen LogP contribution in [0.3, 0.4) is 0 Å². The lowest BCUT2D eigenvalue weighted by Crippen LogP contribution is -2.52. The Hall–Kier alpha value is -2.20. The standard InChI is InChI=1S/C22H22BrN3O3S2/c23-19-11-12-20(30-19)31(28,29)24-21(17-7-3-1-4-8-17)22(27)26-15-13-25(14-16-26)18-9-5-2-6-10-18/h1-12,21,24H,13-16H2/t21-/m1/s1. The summed E-state index contributed by atoms with van der Waals surface area (Å²) >= 11 is 4.41. The smallest absolute Gasteiger partial charge is 0.251 e. The van der Waals surface area contributed by atoms with Crippen LogP contribution in [0.15, 0.2) is 80.8 Å². The van der Waals surface area contributed by atoms with E-state index in [4.69, 9.17) is 0 Å². The van der Waals surface area contributed by atoms with E-state index in [1.165, 1.54) is 6.07 Å². The van der Waals surface area contributed by atoms with Crippen LogP contribution >= 0.6 is 27.3 Å². The maximum atomic E-state index is 13.4. The third-order valence-electron chi connectivity index (χ3n) is 5.18. The Balaban J connectivity index is 1.53. The van der Waals surface area contributed by atoms with E-state index in [2.05, 4.69) is 37.7 Å². The van der Waals surface area contributed by atoms with Crippen molar-refractivity contribution in [2.45, 2.75) is 10.3 Å². The first-order chi connectivity index (χ1) is 14.9. The second kappa shape index (κ2) is 9.52. The lowest BCUT2D eigenvalue weighted by atomic mass is 10.1. The monoisotopic (exact) mass is 519 g/mol. The predicted octanol–water partition coefficient (Wildman–Crippen LogP) is 3.88. The normalized spacial score (nSPS) is 15.6. The number of sulfonamides is 1. The van der Waals surface area contributed by atoms with E-state index in [1.54, 1.807) is 35.2 Å². The molecule has 0 spiro atoms. The summed E-state index contributed by atoms with van der Waals surface area (Å²) in [4.78, 5) is 17.4. The number of hydrogen-bond donors (Lipinski definition) is 1. The molecule has 1 N–H and O–H groups in total. The summed E-state index contributed by atoms with van der Waals surface area (Å²) in [6.45, 7) is 2.45. The molecule has 0 radical (unpaired) electrons. The van der Waals surface area contributed by atoms with Gasteiger partial charge in [-0.15, -0.1) is 11.3 Å². The van der Waals surface area contributed by atoms with Gasteiger partial charge in [0.2, 0.25) is 5.91 Å². The van der Waals surface area contributed by atoms with Gasteiger partial charge in [0.15, 0.2) is 0 Å². The second-order valence-electron chi connectivity index (χ2n) is 7.17. The molecule has 31 heavy (non-hydrogen) atoms. The molecule has 1 amide bonds. The second-order valence-corrected chi connectivity index (χ2v) is 11.6. The summed E-state index contributed by atoms with van der Waals surface area (Å²) in [6, 6.07) is 21.3. The Bertz CT molecular complexity index is 1130. The number of carbonyl (C=O) groups excluding carboxylic acids is 1. The van der Waals surface area contributed by atoms with Gasteiger partial charge in [0.1, 0.15) is 10.3 Å². The number of halogens is 1. The van der Waals surface area contributed by atoms with Gasteiger partial charge in [0.05, 0.1) is 3.79 Å². The number of benzene rings is 2. The number of para-hydroxylation sites is 1. The molecule has 0 aliphatic carbocycles. The van der Waals surface area contributed by atoms with Crippen LogP contribution < -0.4 is 9.62 Å². The van der Waals surface area contributed by atoms with E-state index in [-0.39, 0.29) is 10.1 Å². The van der Waals surface area contributed by atoms with Gasteiger partial charge in [0.25, 0.3) is 10.0 Å². The number of nitrogens with zero attached hydrogens (tertiary/aromatic N) is 2. The van der Waals surface area contributed by atoms with Crippen molar-refractivity contribution in [2.75, 3.05) is 31.1 Å². The van der Waals surface area contributed by atoms with Crippen molar-refractivity contribution in [1.29, 1.82) is 0 Å². The van der Waals surface area contributed by atoms with E-state index in [9.17, 15) is 13.2 Å². The van der Waals surface area contributed by atoms with Gasteiger partial charge in [-0.25, -0.2) is 8.42 Å². The zero-order valence-corrected chi connectivity index (χ0v) is 19.9. The average Bonchev–Trinajstić information content (AvgIpc) is 3.26. The van der Waals surface area contributed by atoms with Crippen LogP contribution in [-0.4, -0.2) is 45.4 Å². The molecule has 2 aromatic carbocycles. The lowest BCUT2D eigenvalue weighted by Gasteiger charge is -2.37. The molecular weight excluding hydrogens is 498 g/mol. The van der Waals surface area contributed by atoms with E-state index in [0.717, 1.165) is 17.0 Å². The Kier molecular flexibility index (Phi) is 6.76. The minimum atomic E-state index is -3.84. The molecule has 1 saturated heterocycles. The van der Waals surface area contributed by atoms with Gasteiger partial charge in [-0.05, 0) is 45.8 Å². The zero-order chi connectivity index (χ0) is 21.8. The summed E-state index contributed by atoms with van der Waals surface area (Å²) in [7, 11) is -3.84. The molecule has 1 aromatic heterocycles. The van der Waals surface area contributed by atoms with Crippen LogP contribution in [0, 0.1) is 0 Å². The molecule has 1 atom stereocenters. The molecule has 0 bridgehead atoms. The van der Waals surface area contributed by atoms with Gasteiger partial charge in [-0.1, -0.05) is 48.5 Å². The molecule has 3 aromatic rings. The highest BCUT2D eigenvalue weighted by Crippen LogP contribution is 2.28. The van der Waals surface area contributed by atoms with Crippen molar-refractivity contribution in [2.24, 2.45) is 0 Å². The van der Waals surface area contributed by atoms with Gasteiger partial charge in [-0.2, -0.15) is 4.72 Å². The molecule has 162 valence electrons. The Labute approximate surface area is 194 Å². The highest BCUT2D eigenvalue weighted by atomic mass is 79.9. The fourth-order valence-corrected chi connectivity index (χ4v) is 6.77. The molecule has 0 unspecified atom stereocenters. The summed E-state index contributed by atoms with van der Waals surface area (Å²) in [5, 5.41) is 0. The van der Waals surface area contributed by atoms with Crippen LogP contribution in [0.25, 0.3) is 0 Å². The number of hydrogen-bond acceptors (Lipinski definition) is 5. The molecule has 0 saturated carbocycles. The lowest BCUT2D eigenvalue weighted by molar-refractivity contribution is -0.133. The first-order valence-electron chi connectivity index (χ1n) is 9.85. The summed E-state index contributed by atoms with van der Waals surface area (Å²) in [5.41, 5.74) is 1.75. The molecule has 6 nitrogen and oxygen atoms in total. The van der Waals surface area contributed by atoms with E-state index in [0.29, 0.717) is 35.5 Å². The molecule has 4 rings (SSSR count). The van der Waals surface area contributed by atoms with Crippen LogP contribution in [0.1, 0.15) is 11.6 Å². The number of amides is 1. The summed E-state index contributed by atoms with van der Waals surface area (Å²) in [6.07, 6.45) is 0. The topological polar surface area (TPSA) is 69.7 Å². The van der Waals surface area contributed by atoms with E-state index >= 15 is 0 Å². The van der Waals surface area contributed by atoms with E-state index in [1.807, 2.05) is 24.3 Å². The first kappa shape index (κ1) is 22.0. The van der Waals surface area contributed by atoms with Crippen molar-refractivity contribution < 1.29 is 13.2 Å². The fourth-order valence-electron chi connectivity index (χ4n) is 3.57. The van der Waals surface area contributed by atoms with Gasteiger partial charge in [-0.3, -0.25) is 4.79 Å². The van der Waals surface area contributed by atoms with Crippen molar-refractivity contribution in [3.63, 3.8) is 0 Å². The number of piperazine rings is 1. The number of carbonyl (C=O) groups is 1. The number of thiophene rings is 1. The highest BCUT2D eigenvalue weighted by Gasteiger charge is 2.32. The molecule has 1 aliphatic heterocycles. The maximum absolute atomic E-state index is 13.4. The van der Waals surface area contributed by atoms with Crippen LogP contribution in [0.4, 0.5) is 5.69 Å². The maximum Gasteiger partial charge on any atom is 0.251 e. The third kappa shape index (κ3) is 5.17. The first-order valence-corrected chi connectivity index (χ1v) is 12.9. The summed E-state index contributed by atoms with van der Waals surface area (Å²) < 4.78 is 29.4. The Morgan fingerprint density at radius 2 is 1.52 bits per heavy atom. The highest BCUT2D eigenvalue weighted by molar-refractivity contribution is 9.11. The third-order valence-corrected chi connectivity index (χ3v) is 8.72. The van der Waals surface area contributed by atoms with Crippen LogP contribution in [0.5, 0.6) is 0 Å². The largest absolute Gasteiger partial charge is 0.368 e. The Morgan fingerprint density at radius 1 is 0.903 bits per heavy atom. The van der Waals surface area contributed by atoms with E-state index < -0.39 is 16.1 Å². The molecular formula is C22H22BrN3O3S2. The quantitative estimate of drug-likeness (QED) is 0.536. The molecule has 1 fully saturated rings. The molecule has 1 aliphatic rings. The van der Waals surface area contributed by atoms with Gasteiger partial charge >= 0.3 is 0 Å². The molecule has 2 heterocycles. The zero-order valence-electron chi connectivity index (χ0n) is 16.6. The minimum absolute atomic E-state index is 0.169. The summed E-state index contributed by atoms with van der Waals surface area (Å²) in [5.74, 6) is -0.238. The molecule has 9 heteroatoms. The number of nitrogens with one attached hydrogen (secondary N) is 1. The van der Waals surface area contributed by atoms with Crippen molar-refractivity contribution >= 4 is 48.9 Å². The fraction of sp³-hybridized carbons (Fsp3) is 0.227. The average molecular weight is 520 g/mol. The van der Waals surface area contributed by atoms with Crippen molar-refractivity contribution in [3.8, 4) is 0 Å². The SMILES string of the molecule is O=C([C@H](NS(=O)(=O)c1ccc(Br)s1)c1ccccc1)N1CCN(c2ccccc2)CC1. The van der Waals surface area contributed by atoms with Crippen LogP contribution in [0.2, 0.25) is 0 Å². The van der Waals surface area contributed by atoms with Crippen LogP contribution in [-0.2, 0) is 14.8 Å². The van der Waals surface area contributed by atoms with Gasteiger partial charge < -0.3 is 9.80 Å². The van der Waals surface area contributed by atoms with Crippen molar-refractivity contribution in [1.82, 2.24) is 9.62 Å². The predicted molar refractivity (Wildman–Crippen MR) is 127 cm³/mol.